The van der Waals surface area contributed by atoms with E-state index in [9.17, 15) is 0 Å². The van der Waals surface area contributed by atoms with Crippen LogP contribution >= 0.6 is 0 Å². The van der Waals surface area contributed by atoms with Gasteiger partial charge in [-0.15, -0.1) is 0 Å². The number of rotatable bonds is 10. The summed E-state index contributed by atoms with van der Waals surface area (Å²) in [5.41, 5.74) is 1.20. The molecule has 0 unspecified atom stereocenters. The Morgan fingerprint density at radius 2 is 1.90 bits per heavy atom. The summed E-state index contributed by atoms with van der Waals surface area (Å²) in [5, 5.41) is 3.51. The zero-order valence-corrected chi connectivity index (χ0v) is 13.3. The van der Waals surface area contributed by atoms with E-state index in [1.807, 2.05) is 18.2 Å². The van der Waals surface area contributed by atoms with Crippen molar-refractivity contribution in [3.63, 3.8) is 0 Å². The van der Waals surface area contributed by atoms with Crippen LogP contribution in [0.5, 0.6) is 5.75 Å². The largest absolute Gasteiger partial charge is 0.490 e. The van der Waals surface area contributed by atoms with Crippen LogP contribution in [0.3, 0.4) is 0 Å². The maximum atomic E-state index is 5.99. The Labute approximate surface area is 123 Å². The molecule has 3 heteroatoms. The fraction of sp³-hybridized carbons (Fsp3) is 0.647. The molecule has 0 bridgehead atoms. The van der Waals surface area contributed by atoms with Gasteiger partial charge in [-0.2, -0.15) is 0 Å². The van der Waals surface area contributed by atoms with E-state index >= 15 is 0 Å². The summed E-state index contributed by atoms with van der Waals surface area (Å²) in [6.45, 7) is 8.30. The third kappa shape index (κ3) is 6.92. The van der Waals surface area contributed by atoms with E-state index in [4.69, 9.17) is 9.47 Å². The van der Waals surface area contributed by atoms with Crippen molar-refractivity contribution in [2.75, 3.05) is 20.3 Å². The standard InChI is InChI=1S/C17H29NO2/c1-14-8-5-6-9-17(14)20-16(3)11-10-15(2)18-12-7-13-19-4/h5-6,8-9,15-16,18H,7,10-13H2,1-4H3/t15-,16-/m1/s1. The van der Waals surface area contributed by atoms with Crippen molar-refractivity contribution in [2.24, 2.45) is 0 Å². The van der Waals surface area contributed by atoms with Gasteiger partial charge in [0.1, 0.15) is 5.75 Å². The third-order valence-electron chi connectivity index (χ3n) is 3.45. The minimum absolute atomic E-state index is 0.249. The van der Waals surface area contributed by atoms with E-state index in [1.54, 1.807) is 7.11 Å². The maximum absolute atomic E-state index is 5.99. The van der Waals surface area contributed by atoms with Gasteiger partial charge in [-0.1, -0.05) is 18.2 Å². The van der Waals surface area contributed by atoms with Gasteiger partial charge in [0, 0.05) is 19.8 Å². The van der Waals surface area contributed by atoms with E-state index in [2.05, 4.69) is 32.2 Å². The Morgan fingerprint density at radius 3 is 2.60 bits per heavy atom. The molecular weight excluding hydrogens is 250 g/mol. The highest BCUT2D eigenvalue weighted by Gasteiger charge is 2.08. The van der Waals surface area contributed by atoms with Crippen LogP contribution in [-0.2, 0) is 4.74 Å². The lowest BCUT2D eigenvalue weighted by molar-refractivity contribution is 0.189. The van der Waals surface area contributed by atoms with Crippen molar-refractivity contribution >= 4 is 0 Å². The first-order valence-corrected chi connectivity index (χ1v) is 7.58. The van der Waals surface area contributed by atoms with Crippen molar-refractivity contribution in [3.8, 4) is 5.75 Å². The van der Waals surface area contributed by atoms with Crippen LogP contribution < -0.4 is 10.1 Å². The number of ether oxygens (including phenoxy) is 2. The van der Waals surface area contributed by atoms with Crippen LogP contribution in [-0.4, -0.2) is 32.4 Å². The van der Waals surface area contributed by atoms with Crippen molar-refractivity contribution in [2.45, 2.75) is 52.2 Å². The van der Waals surface area contributed by atoms with Crippen molar-refractivity contribution < 1.29 is 9.47 Å². The summed E-state index contributed by atoms with van der Waals surface area (Å²) < 4.78 is 11.0. The number of nitrogens with one attached hydrogen (secondary N) is 1. The SMILES string of the molecule is COCCCN[C@H](C)CC[C@@H](C)Oc1ccccc1C. The van der Waals surface area contributed by atoms with E-state index in [-0.39, 0.29) is 6.10 Å². The highest BCUT2D eigenvalue weighted by molar-refractivity contribution is 5.31. The molecule has 1 N–H and O–H groups in total. The summed E-state index contributed by atoms with van der Waals surface area (Å²) in [4.78, 5) is 0. The summed E-state index contributed by atoms with van der Waals surface area (Å²) in [7, 11) is 1.74. The summed E-state index contributed by atoms with van der Waals surface area (Å²) >= 11 is 0. The van der Waals surface area contributed by atoms with Crippen LogP contribution in [0.2, 0.25) is 0 Å². The molecule has 1 aromatic carbocycles. The molecule has 20 heavy (non-hydrogen) atoms. The Hall–Kier alpha value is -1.06. The van der Waals surface area contributed by atoms with Gasteiger partial charge in [-0.25, -0.2) is 0 Å². The van der Waals surface area contributed by atoms with E-state index < -0.39 is 0 Å². The zero-order valence-electron chi connectivity index (χ0n) is 13.3. The molecule has 1 rings (SSSR count). The monoisotopic (exact) mass is 279 g/mol. The summed E-state index contributed by atoms with van der Waals surface area (Å²) in [6.07, 6.45) is 3.50. The second-order valence-electron chi connectivity index (χ2n) is 5.47. The lowest BCUT2D eigenvalue weighted by atomic mass is 10.1. The summed E-state index contributed by atoms with van der Waals surface area (Å²) in [5.74, 6) is 1.00. The first-order chi connectivity index (χ1) is 9.63. The Balaban J connectivity index is 2.19. The van der Waals surface area contributed by atoms with Crippen LogP contribution in [0.1, 0.15) is 38.7 Å². The molecule has 0 aliphatic carbocycles. The van der Waals surface area contributed by atoms with Crippen molar-refractivity contribution in [1.82, 2.24) is 5.32 Å². The minimum Gasteiger partial charge on any atom is -0.490 e. The first-order valence-electron chi connectivity index (χ1n) is 7.58. The van der Waals surface area contributed by atoms with Gasteiger partial charge in [-0.05, 0) is 58.2 Å². The van der Waals surface area contributed by atoms with Crippen LogP contribution in [0.4, 0.5) is 0 Å². The van der Waals surface area contributed by atoms with E-state index in [0.717, 1.165) is 38.2 Å². The minimum atomic E-state index is 0.249. The topological polar surface area (TPSA) is 30.5 Å². The first kappa shape index (κ1) is 17.0. The van der Waals surface area contributed by atoms with Crippen LogP contribution in [0, 0.1) is 6.92 Å². The number of para-hydroxylation sites is 1. The lowest BCUT2D eigenvalue weighted by Crippen LogP contribution is -2.29. The number of benzene rings is 1. The number of hydrogen-bond donors (Lipinski definition) is 1. The molecule has 1 aromatic rings. The van der Waals surface area contributed by atoms with Crippen LogP contribution in [0.25, 0.3) is 0 Å². The molecule has 0 aliphatic heterocycles. The number of methoxy groups -OCH3 is 1. The second-order valence-corrected chi connectivity index (χ2v) is 5.47. The van der Waals surface area contributed by atoms with Gasteiger partial charge < -0.3 is 14.8 Å². The fourth-order valence-electron chi connectivity index (χ4n) is 2.12. The molecular formula is C17H29NO2. The number of aryl methyl sites for hydroxylation is 1. The maximum Gasteiger partial charge on any atom is 0.122 e. The molecule has 2 atom stereocenters. The predicted octanol–water partition coefficient (Wildman–Crippen LogP) is 3.56. The fourth-order valence-corrected chi connectivity index (χ4v) is 2.12. The van der Waals surface area contributed by atoms with Gasteiger partial charge in [0.15, 0.2) is 0 Å². The lowest BCUT2D eigenvalue weighted by Gasteiger charge is -2.19. The van der Waals surface area contributed by atoms with Crippen molar-refractivity contribution in [1.29, 1.82) is 0 Å². The smallest absolute Gasteiger partial charge is 0.122 e. The van der Waals surface area contributed by atoms with Gasteiger partial charge in [0.05, 0.1) is 6.10 Å². The molecule has 0 spiro atoms. The second kappa shape index (κ2) is 9.78. The number of hydrogen-bond acceptors (Lipinski definition) is 3. The molecule has 114 valence electrons. The highest BCUT2D eigenvalue weighted by Crippen LogP contribution is 2.19. The van der Waals surface area contributed by atoms with Crippen LogP contribution in [0.15, 0.2) is 24.3 Å². The van der Waals surface area contributed by atoms with Gasteiger partial charge >= 0.3 is 0 Å². The average molecular weight is 279 g/mol. The van der Waals surface area contributed by atoms with Crippen molar-refractivity contribution in [3.05, 3.63) is 29.8 Å². The Kier molecular flexibility index (Phi) is 8.31. The quantitative estimate of drug-likeness (QED) is 0.664. The molecule has 0 aromatic heterocycles. The molecule has 0 saturated carbocycles. The molecule has 0 heterocycles. The van der Waals surface area contributed by atoms with E-state index in [0.29, 0.717) is 6.04 Å². The van der Waals surface area contributed by atoms with Gasteiger partial charge in [0.2, 0.25) is 0 Å². The molecule has 0 radical (unpaired) electrons. The van der Waals surface area contributed by atoms with E-state index in [1.165, 1.54) is 5.56 Å². The molecule has 0 amide bonds. The Morgan fingerprint density at radius 1 is 1.15 bits per heavy atom. The third-order valence-corrected chi connectivity index (χ3v) is 3.45. The normalized spacial score (nSPS) is 14.0. The Bertz CT molecular complexity index is 368. The highest BCUT2D eigenvalue weighted by atomic mass is 16.5. The molecule has 0 fully saturated rings. The average Bonchev–Trinajstić information content (AvgIpc) is 2.44. The molecule has 3 nitrogen and oxygen atoms in total. The van der Waals surface area contributed by atoms with Gasteiger partial charge in [0.25, 0.3) is 0 Å². The zero-order chi connectivity index (χ0) is 14.8. The molecule has 0 saturated heterocycles. The molecule has 0 aliphatic rings. The summed E-state index contributed by atoms with van der Waals surface area (Å²) in [6, 6.07) is 8.71. The predicted molar refractivity (Wildman–Crippen MR) is 84.5 cm³/mol. The van der Waals surface area contributed by atoms with Gasteiger partial charge in [-0.3, -0.25) is 0 Å².